The van der Waals surface area contributed by atoms with E-state index < -0.39 is 0 Å². The number of fused-ring (bicyclic) bond motifs is 3. The van der Waals surface area contributed by atoms with Crippen molar-refractivity contribution in [2.45, 2.75) is 38.3 Å². The molecule has 0 unspecified atom stereocenters. The van der Waals surface area contributed by atoms with Crippen LogP contribution in [0.4, 0.5) is 5.69 Å². The maximum atomic E-state index is 6.26. The van der Waals surface area contributed by atoms with E-state index in [4.69, 9.17) is 32.9 Å². The van der Waals surface area contributed by atoms with Gasteiger partial charge in [-0.05, 0) is 67.5 Å². The van der Waals surface area contributed by atoms with Crippen LogP contribution in [-0.4, -0.2) is 30.0 Å². The number of anilines is 1. The summed E-state index contributed by atoms with van der Waals surface area (Å²) in [5, 5.41) is 4.89. The first-order chi connectivity index (χ1) is 14.7. The summed E-state index contributed by atoms with van der Waals surface area (Å²) in [5.74, 6) is 2.24. The molecule has 0 amide bonds. The fraction of sp³-hybridized carbons (Fsp3) is 0.391. The molecule has 5 nitrogen and oxygen atoms in total. The molecule has 1 fully saturated rings. The van der Waals surface area contributed by atoms with Gasteiger partial charge < -0.3 is 15.0 Å². The molecule has 1 saturated carbocycles. The Morgan fingerprint density at radius 2 is 1.83 bits per heavy atom. The maximum absolute atomic E-state index is 6.26. The van der Waals surface area contributed by atoms with Crippen molar-refractivity contribution < 1.29 is 4.74 Å². The molecule has 0 radical (unpaired) electrons. The van der Waals surface area contributed by atoms with Crippen molar-refractivity contribution >= 4 is 34.7 Å². The lowest BCUT2D eigenvalue weighted by molar-refractivity contribution is 0.133. The Labute approximate surface area is 186 Å². The highest BCUT2D eigenvalue weighted by Crippen LogP contribution is 2.38. The third kappa shape index (κ3) is 4.07. The molecule has 2 aromatic rings. The highest BCUT2D eigenvalue weighted by Gasteiger charge is 2.33. The first kappa shape index (κ1) is 19.9. The van der Waals surface area contributed by atoms with Gasteiger partial charge in [-0.25, -0.2) is 4.98 Å². The summed E-state index contributed by atoms with van der Waals surface area (Å²) in [6, 6.07) is 9.82. The van der Waals surface area contributed by atoms with Gasteiger partial charge in [-0.3, -0.25) is 4.99 Å². The van der Waals surface area contributed by atoms with E-state index in [1.165, 1.54) is 16.9 Å². The van der Waals surface area contributed by atoms with Crippen molar-refractivity contribution in [1.82, 2.24) is 10.3 Å². The minimum Gasteiger partial charge on any atom is -0.474 e. The Bertz CT molecular complexity index is 981. The van der Waals surface area contributed by atoms with Gasteiger partial charge in [-0.1, -0.05) is 23.2 Å². The summed E-state index contributed by atoms with van der Waals surface area (Å²) < 4.78 is 6.09. The van der Waals surface area contributed by atoms with Crippen LogP contribution in [0.2, 0.25) is 10.0 Å². The normalized spacial score (nSPS) is 23.6. The third-order valence-electron chi connectivity index (χ3n) is 6.05. The first-order valence-electron chi connectivity index (χ1n) is 10.5. The van der Waals surface area contributed by atoms with Gasteiger partial charge in [0.2, 0.25) is 5.88 Å². The number of ether oxygens (including phenoxy) is 1. The Balaban J connectivity index is 1.32. The van der Waals surface area contributed by atoms with E-state index in [0.717, 1.165) is 56.2 Å². The number of aromatic nitrogens is 1. The largest absolute Gasteiger partial charge is 0.474 e. The minimum atomic E-state index is 0.198. The molecular weight excluding hydrogens is 419 g/mol. The minimum absolute atomic E-state index is 0.198. The number of nitrogens with zero attached hydrogens (tertiary/aromatic N) is 3. The topological polar surface area (TPSA) is 49.8 Å². The third-order valence-corrected chi connectivity index (χ3v) is 6.51. The lowest BCUT2D eigenvalue weighted by Gasteiger charge is -2.38. The van der Waals surface area contributed by atoms with Gasteiger partial charge in [-0.15, -0.1) is 0 Å². The molecule has 30 heavy (non-hydrogen) atoms. The predicted octanol–water partition coefficient (Wildman–Crippen LogP) is 5.23. The molecule has 1 aromatic carbocycles. The molecule has 3 heterocycles. The quantitative estimate of drug-likeness (QED) is 0.706. The molecule has 1 N–H and O–H groups in total. The SMILES string of the molecule is Clc1ccc(OC2CCC(C3=CCN=C4CNCc5cc(Cl)ccc5N34)CC2)nc1. The Kier molecular flexibility index (Phi) is 5.68. The monoisotopic (exact) mass is 442 g/mol. The summed E-state index contributed by atoms with van der Waals surface area (Å²) in [4.78, 5) is 11.4. The fourth-order valence-corrected chi connectivity index (χ4v) is 4.93. The average molecular weight is 443 g/mol. The van der Waals surface area contributed by atoms with Crippen molar-refractivity contribution in [3.8, 4) is 5.88 Å². The van der Waals surface area contributed by atoms with Crippen LogP contribution in [-0.2, 0) is 6.54 Å². The van der Waals surface area contributed by atoms with Crippen molar-refractivity contribution in [3.05, 3.63) is 63.9 Å². The molecule has 156 valence electrons. The highest BCUT2D eigenvalue weighted by atomic mass is 35.5. The molecule has 5 rings (SSSR count). The second-order valence-corrected chi connectivity index (χ2v) is 8.88. The van der Waals surface area contributed by atoms with Crippen molar-refractivity contribution in [1.29, 1.82) is 0 Å². The Morgan fingerprint density at radius 3 is 2.63 bits per heavy atom. The molecule has 2 aliphatic heterocycles. The fourth-order valence-electron chi connectivity index (χ4n) is 4.62. The van der Waals surface area contributed by atoms with Crippen LogP contribution < -0.4 is 15.0 Å². The van der Waals surface area contributed by atoms with Crippen LogP contribution in [0, 0.1) is 5.92 Å². The highest BCUT2D eigenvalue weighted by molar-refractivity contribution is 6.31. The number of hydrogen-bond donors (Lipinski definition) is 1. The lowest BCUT2D eigenvalue weighted by atomic mass is 9.84. The summed E-state index contributed by atoms with van der Waals surface area (Å²) in [5.41, 5.74) is 3.78. The van der Waals surface area contributed by atoms with Crippen molar-refractivity contribution in [2.24, 2.45) is 10.9 Å². The van der Waals surface area contributed by atoms with E-state index in [1.54, 1.807) is 6.20 Å². The van der Waals surface area contributed by atoms with Crippen LogP contribution in [0.1, 0.15) is 31.2 Å². The number of allylic oxidation sites excluding steroid dienone is 1. The molecule has 7 heteroatoms. The number of halogens is 2. The van der Waals surface area contributed by atoms with Crippen LogP contribution in [0.3, 0.4) is 0 Å². The first-order valence-corrected chi connectivity index (χ1v) is 11.2. The molecule has 3 aliphatic rings. The molecule has 0 bridgehead atoms. The number of rotatable bonds is 3. The van der Waals surface area contributed by atoms with Gasteiger partial charge in [0.25, 0.3) is 0 Å². The van der Waals surface area contributed by atoms with Crippen molar-refractivity contribution in [3.63, 3.8) is 0 Å². The van der Waals surface area contributed by atoms with Gasteiger partial charge in [0, 0.05) is 29.5 Å². The number of nitrogens with one attached hydrogen (secondary N) is 1. The van der Waals surface area contributed by atoms with Crippen LogP contribution in [0.5, 0.6) is 5.88 Å². The summed E-state index contributed by atoms with van der Waals surface area (Å²) in [6.07, 6.45) is 8.32. The zero-order valence-corrected chi connectivity index (χ0v) is 18.2. The summed E-state index contributed by atoms with van der Waals surface area (Å²) in [7, 11) is 0. The molecule has 0 atom stereocenters. The maximum Gasteiger partial charge on any atom is 0.213 e. The number of pyridine rings is 1. The van der Waals surface area contributed by atoms with E-state index in [0.29, 0.717) is 16.8 Å². The standard InChI is InChI=1S/C23H24Cl2N4O/c24-17-3-7-20-16(11-17)12-26-14-22-27-10-9-21(29(20)22)15-1-5-19(6-2-15)30-23-8-4-18(25)13-28-23/h3-4,7-9,11,13,15,19,26H,1-2,5-6,10,12,14H2. The van der Waals surface area contributed by atoms with Crippen LogP contribution >= 0.6 is 23.2 Å². The summed E-state index contributed by atoms with van der Waals surface area (Å²) in [6.45, 7) is 2.31. The smallest absolute Gasteiger partial charge is 0.213 e. The Morgan fingerprint density at radius 1 is 1.00 bits per heavy atom. The predicted molar refractivity (Wildman–Crippen MR) is 122 cm³/mol. The number of benzene rings is 1. The van der Waals surface area contributed by atoms with Crippen LogP contribution in [0.15, 0.2) is 53.3 Å². The van der Waals surface area contributed by atoms with Gasteiger partial charge in [0.05, 0.1) is 23.8 Å². The zero-order chi connectivity index (χ0) is 20.5. The van der Waals surface area contributed by atoms with Crippen molar-refractivity contribution in [2.75, 3.05) is 18.0 Å². The summed E-state index contributed by atoms with van der Waals surface area (Å²) >= 11 is 12.2. The number of amidine groups is 1. The second-order valence-electron chi connectivity index (χ2n) is 8.00. The lowest BCUT2D eigenvalue weighted by Crippen LogP contribution is -2.41. The molecule has 1 aliphatic carbocycles. The molecule has 1 aromatic heterocycles. The van der Waals surface area contributed by atoms with E-state index in [1.807, 2.05) is 18.2 Å². The van der Waals surface area contributed by atoms with E-state index >= 15 is 0 Å². The molecule has 0 spiro atoms. The Hall–Kier alpha value is -2.08. The van der Waals surface area contributed by atoms with Gasteiger partial charge in [-0.2, -0.15) is 0 Å². The average Bonchev–Trinajstić information content (AvgIpc) is 2.94. The second kappa shape index (κ2) is 8.58. The van der Waals surface area contributed by atoms with Gasteiger partial charge in [0.15, 0.2) is 0 Å². The molecular formula is C23H24Cl2N4O. The van der Waals surface area contributed by atoms with E-state index in [9.17, 15) is 0 Å². The van der Waals surface area contributed by atoms with Gasteiger partial charge >= 0.3 is 0 Å². The number of hydrogen-bond acceptors (Lipinski definition) is 5. The van der Waals surface area contributed by atoms with E-state index in [-0.39, 0.29) is 6.10 Å². The van der Waals surface area contributed by atoms with E-state index in [2.05, 4.69) is 33.4 Å². The zero-order valence-electron chi connectivity index (χ0n) is 16.7. The van der Waals surface area contributed by atoms with Crippen LogP contribution in [0.25, 0.3) is 0 Å². The number of aliphatic imine (C=N–C) groups is 1. The molecule has 0 saturated heterocycles. The van der Waals surface area contributed by atoms with Gasteiger partial charge in [0.1, 0.15) is 11.9 Å².